The first-order chi connectivity index (χ1) is 10.1. The SMILES string of the molecule is C=C(C)C(=O)O[Si](C)(C)O[Si](C)(C)O[Si](C)(C)OC(=O)C(=C)C. The van der Waals surface area contributed by atoms with Gasteiger partial charge in [0, 0.05) is 11.1 Å². The lowest BCUT2D eigenvalue weighted by Crippen LogP contribution is -2.55. The molecule has 0 radical (unpaired) electrons. The summed E-state index contributed by atoms with van der Waals surface area (Å²) in [7, 11) is -8.14. The molecule has 0 aliphatic carbocycles. The van der Waals surface area contributed by atoms with Crippen LogP contribution < -0.4 is 0 Å². The fourth-order valence-corrected chi connectivity index (χ4v) is 13.5. The van der Waals surface area contributed by atoms with E-state index in [9.17, 15) is 9.59 Å². The highest BCUT2D eigenvalue weighted by atomic mass is 28.5. The first-order valence-electron chi connectivity index (χ1n) is 7.25. The van der Waals surface area contributed by atoms with E-state index >= 15 is 0 Å². The summed E-state index contributed by atoms with van der Waals surface area (Å²) >= 11 is 0. The molecule has 0 heterocycles. The van der Waals surface area contributed by atoms with Gasteiger partial charge in [0.05, 0.1) is 0 Å². The van der Waals surface area contributed by atoms with Crippen molar-refractivity contribution in [2.75, 3.05) is 0 Å². The Hall–Kier alpha value is -1.01. The minimum atomic E-state index is -2.74. The van der Waals surface area contributed by atoms with E-state index < -0.39 is 37.6 Å². The summed E-state index contributed by atoms with van der Waals surface area (Å²) in [5, 5.41) is 0. The van der Waals surface area contributed by atoms with E-state index in [2.05, 4.69) is 13.2 Å². The van der Waals surface area contributed by atoms with Crippen LogP contribution in [0.3, 0.4) is 0 Å². The number of hydrogen-bond donors (Lipinski definition) is 0. The van der Waals surface area contributed by atoms with Gasteiger partial charge in [-0.1, -0.05) is 13.2 Å². The number of rotatable bonds is 8. The molecule has 0 bridgehead atoms. The number of carbonyl (C=O) groups is 2. The maximum absolute atomic E-state index is 11.7. The smallest absolute Gasteiger partial charge is 0.386 e. The van der Waals surface area contributed by atoms with Gasteiger partial charge in [0.2, 0.25) is 0 Å². The third-order valence-corrected chi connectivity index (χ3v) is 11.6. The molecule has 0 aliphatic rings. The molecule has 0 rings (SSSR count). The van der Waals surface area contributed by atoms with Crippen LogP contribution in [0.15, 0.2) is 24.3 Å². The third-order valence-electron chi connectivity index (χ3n) is 2.36. The highest BCUT2D eigenvalue weighted by Gasteiger charge is 2.44. The summed E-state index contributed by atoms with van der Waals surface area (Å²) in [6.07, 6.45) is 0. The summed E-state index contributed by atoms with van der Waals surface area (Å²) in [6, 6.07) is 0. The van der Waals surface area contributed by atoms with Gasteiger partial charge >= 0.3 is 37.6 Å². The van der Waals surface area contributed by atoms with E-state index in [0.29, 0.717) is 11.1 Å². The van der Waals surface area contributed by atoms with E-state index in [-0.39, 0.29) is 0 Å². The molecule has 0 aliphatic heterocycles. The molecule has 0 atom stereocenters. The van der Waals surface area contributed by atoms with Gasteiger partial charge in [0.25, 0.3) is 0 Å². The molecule has 23 heavy (non-hydrogen) atoms. The van der Waals surface area contributed by atoms with Crippen LogP contribution in [-0.4, -0.2) is 37.6 Å². The monoisotopic (exact) mass is 376 g/mol. The Bertz CT molecular complexity index is 467. The summed E-state index contributed by atoms with van der Waals surface area (Å²) in [6.45, 7) is 21.0. The van der Waals surface area contributed by atoms with Gasteiger partial charge in [-0.15, -0.1) is 0 Å². The fraction of sp³-hybridized carbons (Fsp3) is 0.571. The summed E-state index contributed by atoms with van der Waals surface area (Å²) < 4.78 is 22.8. The van der Waals surface area contributed by atoms with Crippen molar-refractivity contribution in [2.24, 2.45) is 0 Å². The van der Waals surface area contributed by atoms with E-state index in [4.69, 9.17) is 17.1 Å². The van der Waals surface area contributed by atoms with Crippen molar-refractivity contribution >= 4 is 37.6 Å². The zero-order valence-corrected chi connectivity index (χ0v) is 18.4. The largest absolute Gasteiger partial charge is 0.492 e. The number of carbonyl (C=O) groups excluding carboxylic acids is 2. The Balaban J connectivity index is 4.92. The van der Waals surface area contributed by atoms with Crippen molar-refractivity contribution in [1.82, 2.24) is 0 Å². The molecule has 0 spiro atoms. The summed E-state index contributed by atoms with van der Waals surface area (Å²) in [4.78, 5) is 23.4. The van der Waals surface area contributed by atoms with Crippen LogP contribution in [0.2, 0.25) is 39.3 Å². The topological polar surface area (TPSA) is 71.1 Å². The molecule has 0 aromatic heterocycles. The molecule has 0 N–H and O–H groups in total. The van der Waals surface area contributed by atoms with Crippen molar-refractivity contribution in [2.45, 2.75) is 53.1 Å². The van der Waals surface area contributed by atoms with E-state index in [1.165, 1.54) is 0 Å². The van der Waals surface area contributed by atoms with E-state index in [0.717, 1.165) is 0 Å². The van der Waals surface area contributed by atoms with Gasteiger partial charge in [0.15, 0.2) is 0 Å². The van der Waals surface area contributed by atoms with Crippen molar-refractivity contribution in [3.63, 3.8) is 0 Å². The molecular weight excluding hydrogens is 348 g/mol. The van der Waals surface area contributed by atoms with Crippen LogP contribution in [0.1, 0.15) is 13.8 Å². The van der Waals surface area contributed by atoms with Gasteiger partial charge in [-0.2, -0.15) is 0 Å². The average molecular weight is 377 g/mol. The molecule has 0 fully saturated rings. The zero-order valence-electron chi connectivity index (χ0n) is 15.4. The lowest BCUT2D eigenvalue weighted by Gasteiger charge is -2.36. The van der Waals surface area contributed by atoms with Gasteiger partial charge in [0.1, 0.15) is 0 Å². The first kappa shape index (κ1) is 22.0. The minimum absolute atomic E-state index is 0.319. The second kappa shape index (κ2) is 7.71. The maximum atomic E-state index is 11.7. The molecule has 0 amide bonds. The first-order valence-corrected chi connectivity index (χ1v) is 15.7. The van der Waals surface area contributed by atoms with Crippen molar-refractivity contribution in [3.05, 3.63) is 24.3 Å². The van der Waals surface area contributed by atoms with Gasteiger partial charge in [-0.05, 0) is 53.1 Å². The Labute approximate surface area is 142 Å². The maximum Gasteiger partial charge on any atom is 0.386 e. The highest BCUT2D eigenvalue weighted by Crippen LogP contribution is 2.23. The average Bonchev–Trinajstić information content (AvgIpc) is 2.22. The van der Waals surface area contributed by atoms with Crippen LogP contribution in [0.5, 0.6) is 0 Å². The van der Waals surface area contributed by atoms with E-state index in [1.807, 2.05) is 13.1 Å². The minimum Gasteiger partial charge on any atom is -0.492 e. The molecule has 0 saturated carbocycles. The Morgan fingerprint density at radius 3 is 1.13 bits per heavy atom. The van der Waals surface area contributed by atoms with Crippen molar-refractivity contribution < 1.29 is 26.7 Å². The third kappa shape index (κ3) is 9.01. The predicted molar refractivity (Wildman–Crippen MR) is 96.4 cm³/mol. The molecule has 6 nitrogen and oxygen atoms in total. The second-order valence-electron chi connectivity index (χ2n) is 6.74. The van der Waals surface area contributed by atoms with Crippen LogP contribution >= 0.6 is 0 Å². The Morgan fingerprint density at radius 2 is 0.913 bits per heavy atom. The molecule has 0 aromatic carbocycles. The molecular formula is C14H28O6Si3. The molecule has 132 valence electrons. The van der Waals surface area contributed by atoms with Gasteiger partial charge in [-0.3, -0.25) is 0 Å². The molecule has 0 unspecified atom stereocenters. The Morgan fingerprint density at radius 1 is 0.652 bits per heavy atom. The quantitative estimate of drug-likeness (QED) is 0.478. The van der Waals surface area contributed by atoms with Crippen LogP contribution in [-0.2, 0) is 26.7 Å². The van der Waals surface area contributed by atoms with Crippen molar-refractivity contribution in [1.29, 1.82) is 0 Å². The molecule has 0 saturated heterocycles. The van der Waals surface area contributed by atoms with Crippen LogP contribution in [0.25, 0.3) is 0 Å². The van der Waals surface area contributed by atoms with Crippen LogP contribution in [0.4, 0.5) is 0 Å². The van der Waals surface area contributed by atoms with Gasteiger partial charge < -0.3 is 17.1 Å². The summed E-state index contributed by atoms with van der Waals surface area (Å²) in [5.74, 6) is -0.951. The molecule has 9 heteroatoms. The van der Waals surface area contributed by atoms with Crippen molar-refractivity contribution in [3.8, 4) is 0 Å². The Kier molecular flexibility index (Phi) is 7.37. The fourth-order valence-electron chi connectivity index (χ4n) is 1.87. The lowest BCUT2D eigenvalue weighted by atomic mass is 10.4. The normalized spacial score (nSPS) is 12.5. The predicted octanol–water partition coefficient (Wildman–Crippen LogP) is 3.36. The molecule has 0 aromatic rings. The second-order valence-corrected chi connectivity index (χ2v) is 17.2. The zero-order chi connectivity index (χ0) is 18.6. The lowest BCUT2D eigenvalue weighted by molar-refractivity contribution is -0.132. The summed E-state index contributed by atoms with van der Waals surface area (Å²) in [5.41, 5.74) is 0.638. The van der Waals surface area contributed by atoms with Gasteiger partial charge in [-0.25, -0.2) is 9.59 Å². The number of hydrogen-bond acceptors (Lipinski definition) is 6. The standard InChI is InChI=1S/C14H28O6Si3/c1-11(2)13(15)17-21(5,6)19-23(9,10)20-22(7,8)18-14(16)12(3)4/h1,3H2,2,4-10H3. The van der Waals surface area contributed by atoms with Crippen LogP contribution in [0, 0.1) is 0 Å². The van der Waals surface area contributed by atoms with E-state index in [1.54, 1.807) is 40.0 Å². The highest BCUT2D eigenvalue weighted by molar-refractivity contribution is 6.85.